The van der Waals surface area contributed by atoms with E-state index in [4.69, 9.17) is 11.6 Å². The molecule has 1 aliphatic heterocycles. The fourth-order valence-electron chi connectivity index (χ4n) is 1.07. The van der Waals surface area contributed by atoms with E-state index in [1.807, 2.05) is 0 Å². The van der Waals surface area contributed by atoms with Gasteiger partial charge in [0.05, 0.1) is 0 Å². The zero-order valence-electron chi connectivity index (χ0n) is 6.52. The minimum absolute atomic E-state index is 0.00716. The zero-order chi connectivity index (χ0) is 10.3. The zero-order valence-corrected chi connectivity index (χ0v) is 8.09. The van der Waals surface area contributed by atoms with Crippen LogP contribution < -0.4 is 0 Å². The van der Waals surface area contributed by atoms with Crippen LogP contribution in [-0.2, 0) is 15.0 Å². The molecule has 0 spiro atoms. The van der Waals surface area contributed by atoms with Crippen molar-refractivity contribution in [2.45, 2.75) is 0 Å². The number of hydrogen-bond acceptors (Lipinski definition) is 4. The van der Waals surface area contributed by atoms with Crippen molar-refractivity contribution in [1.82, 2.24) is 0 Å². The lowest BCUT2D eigenvalue weighted by Crippen LogP contribution is -2.16. The number of carbonyl (C=O) groups excluding carboxylic acids is 1. The number of hydrogen-bond donors (Lipinski definition) is 0. The minimum atomic E-state index is -2.50. The number of allylic oxidation sites excluding steroid dienone is 4. The normalized spacial score (nSPS) is 19.4. The topological polar surface area (TPSA) is 72.8 Å². The Labute approximate surface area is 84.9 Å². The van der Waals surface area contributed by atoms with E-state index < -0.39 is 16.4 Å². The average molecular weight is 232 g/mol. The third-order valence-electron chi connectivity index (χ3n) is 1.58. The Morgan fingerprint density at radius 2 is 2.07 bits per heavy atom. The highest BCUT2D eigenvalue weighted by molar-refractivity contribution is 7.75. The molecule has 0 N–H and O–H groups in total. The molecule has 0 saturated carbocycles. The van der Waals surface area contributed by atoms with Gasteiger partial charge in [0.25, 0.3) is 0 Å². The smallest absolute Gasteiger partial charge is 0.406 e. The van der Waals surface area contributed by atoms with E-state index in [9.17, 15) is 13.2 Å². The van der Waals surface area contributed by atoms with Crippen LogP contribution in [0.5, 0.6) is 0 Å². The molecule has 0 bridgehead atoms. The van der Waals surface area contributed by atoms with Crippen molar-refractivity contribution in [1.29, 1.82) is 0 Å². The summed E-state index contributed by atoms with van der Waals surface area (Å²) in [6.45, 7) is 0. The van der Waals surface area contributed by atoms with Gasteiger partial charge in [0.1, 0.15) is 10.6 Å². The first kappa shape index (κ1) is 9.17. The van der Waals surface area contributed by atoms with E-state index in [1.54, 1.807) is 0 Å². The van der Waals surface area contributed by atoms with E-state index in [0.717, 1.165) is 0 Å². The lowest BCUT2D eigenvalue weighted by Gasteiger charge is -2.04. The van der Waals surface area contributed by atoms with Crippen LogP contribution in [0.15, 0.2) is 27.9 Å². The summed E-state index contributed by atoms with van der Waals surface area (Å²) < 4.78 is 26.1. The molecule has 7 heteroatoms. The number of amides is 1. The van der Waals surface area contributed by atoms with E-state index in [2.05, 4.69) is 9.73 Å². The Balaban J connectivity index is 2.70. The SMILES string of the molecule is O=C1N=C2C(=CC(Cl)=CC2=S(=O)=O)O1. The van der Waals surface area contributed by atoms with Gasteiger partial charge in [-0.3, -0.25) is 0 Å². The summed E-state index contributed by atoms with van der Waals surface area (Å²) in [6.07, 6.45) is 1.70. The molecule has 72 valence electrons. The quantitative estimate of drug-likeness (QED) is 0.574. The van der Waals surface area contributed by atoms with Gasteiger partial charge in [-0.15, -0.1) is 0 Å². The molecule has 2 rings (SSSR count). The molecule has 1 heterocycles. The van der Waals surface area contributed by atoms with Crippen LogP contribution in [0.1, 0.15) is 0 Å². The number of nitrogens with zero attached hydrogens (tertiary/aromatic N) is 1. The summed E-state index contributed by atoms with van der Waals surface area (Å²) in [5.74, 6) is 0.0710. The standard InChI is InChI=1S/C7H2ClNO4S/c8-3-1-4-6(9-7(10)13-4)5(2-3)14(11)12/h1-2H. The van der Waals surface area contributed by atoms with Gasteiger partial charge in [0.15, 0.2) is 5.76 Å². The number of rotatable bonds is 0. The maximum absolute atomic E-state index is 10.8. The van der Waals surface area contributed by atoms with Crippen molar-refractivity contribution in [3.63, 3.8) is 0 Å². The molecule has 1 amide bonds. The van der Waals surface area contributed by atoms with Crippen LogP contribution in [0, 0.1) is 0 Å². The summed E-state index contributed by atoms with van der Waals surface area (Å²) in [5, 5.41) is 0.174. The van der Waals surface area contributed by atoms with Crippen LogP contribution in [0.25, 0.3) is 0 Å². The third-order valence-corrected chi connectivity index (χ3v) is 2.47. The molecule has 14 heavy (non-hydrogen) atoms. The van der Waals surface area contributed by atoms with Crippen molar-refractivity contribution in [3.05, 3.63) is 22.9 Å². The monoisotopic (exact) mass is 231 g/mol. The predicted molar refractivity (Wildman–Crippen MR) is 49.9 cm³/mol. The molecule has 5 nitrogen and oxygen atoms in total. The molecule has 0 saturated heterocycles. The molecule has 0 aromatic carbocycles. The van der Waals surface area contributed by atoms with Crippen LogP contribution in [-0.4, -0.2) is 25.1 Å². The van der Waals surface area contributed by atoms with Crippen molar-refractivity contribution >= 4 is 38.6 Å². The van der Waals surface area contributed by atoms with Crippen LogP contribution in [0.4, 0.5) is 4.79 Å². The highest BCUT2D eigenvalue weighted by atomic mass is 35.5. The fourth-order valence-corrected chi connectivity index (χ4v) is 1.87. The summed E-state index contributed by atoms with van der Waals surface area (Å²) in [4.78, 5) is 14.0. The molecule has 0 aromatic heterocycles. The number of aliphatic imine (C=N–C) groups is 1. The first-order chi connectivity index (χ1) is 6.58. The predicted octanol–water partition coefficient (Wildman–Crippen LogP) is 0.649. The van der Waals surface area contributed by atoms with Crippen LogP contribution in [0.2, 0.25) is 0 Å². The van der Waals surface area contributed by atoms with Crippen LogP contribution >= 0.6 is 11.6 Å². The van der Waals surface area contributed by atoms with E-state index >= 15 is 0 Å². The molecule has 0 fully saturated rings. The Bertz CT molecular complexity index is 544. The van der Waals surface area contributed by atoms with Crippen molar-refractivity contribution in [3.8, 4) is 0 Å². The molecule has 0 unspecified atom stereocenters. The Morgan fingerprint density at radius 3 is 2.71 bits per heavy atom. The van der Waals surface area contributed by atoms with E-state index in [0.29, 0.717) is 0 Å². The Kier molecular flexibility index (Phi) is 2.01. The summed E-state index contributed by atoms with van der Waals surface area (Å²) in [6, 6.07) is 0. The Morgan fingerprint density at radius 1 is 1.36 bits per heavy atom. The van der Waals surface area contributed by atoms with Crippen molar-refractivity contribution in [2.24, 2.45) is 4.99 Å². The van der Waals surface area contributed by atoms with Gasteiger partial charge in [0, 0.05) is 11.1 Å². The molecule has 0 atom stereocenters. The highest BCUT2D eigenvalue weighted by Gasteiger charge is 2.29. The highest BCUT2D eigenvalue weighted by Crippen LogP contribution is 2.22. The van der Waals surface area contributed by atoms with Crippen LogP contribution in [0.3, 0.4) is 0 Å². The lowest BCUT2D eigenvalue weighted by molar-refractivity contribution is 0.197. The van der Waals surface area contributed by atoms with Crippen molar-refractivity contribution in [2.75, 3.05) is 0 Å². The number of fused-ring (bicyclic) bond motifs is 1. The molecule has 0 aromatic rings. The average Bonchev–Trinajstić information content (AvgIpc) is 2.42. The van der Waals surface area contributed by atoms with Gasteiger partial charge in [-0.25, -0.2) is 4.79 Å². The molecule has 1 aliphatic carbocycles. The first-order valence-electron chi connectivity index (χ1n) is 3.44. The Hall–Kier alpha value is -1.40. The second-order valence-electron chi connectivity index (χ2n) is 2.47. The summed E-state index contributed by atoms with van der Waals surface area (Å²) >= 11 is 5.61. The van der Waals surface area contributed by atoms with Gasteiger partial charge in [-0.2, -0.15) is 13.4 Å². The van der Waals surface area contributed by atoms with Gasteiger partial charge in [0.2, 0.25) is 10.3 Å². The van der Waals surface area contributed by atoms with Gasteiger partial charge in [-0.05, 0) is 6.08 Å². The van der Waals surface area contributed by atoms with Gasteiger partial charge in [-0.1, -0.05) is 11.6 Å². The number of halogens is 1. The second-order valence-corrected chi connectivity index (χ2v) is 3.81. The lowest BCUT2D eigenvalue weighted by atomic mass is 10.1. The van der Waals surface area contributed by atoms with Crippen molar-refractivity contribution < 1.29 is 17.9 Å². The largest absolute Gasteiger partial charge is 0.439 e. The van der Waals surface area contributed by atoms with Gasteiger partial charge >= 0.3 is 6.09 Å². The maximum atomic E-state index is 10.8. The van der Waals surface area contributed by atoms with E-state index in [-0.39, 0.29) is 21.4 Å². The number of ether oxygens (including phenoxy) is 1. The molecular weight excluding hydrogens is 230 g/mol. The first-order valence-corrected chi connectivity index (χ1v) is 4.89. The maximum Gasteiger partial charge on any atom is 0.439 e. The molecular formula is C7H2ClNO4S. The minimum Gasteiger partial charge on any atom is -0.406 e. The van der Waals surface area contributed by atoms with E-state index in [1.165, 1.54) is 12.2 Å². The second kappa shape index (κ2) is 3.07. The molecule has 2 aliphatic rings. The summed E-state index contributed by atoms with van der Waals surface area (Å²) in [7, 11) is -2.50. The number of carbonyl (C=O) groups is 1. The third kappa shape index (κ3) is 1.38. The summed E-state index contributed by atoms with van der Waals surface area (Å²) in [5.41, 5.74) is 0.00716. The van der Waals surface area contributed by atoms with Gasteiger partial charge < -0.3 is 4.74 Å². The fraction of sp³-hybridized carbons (Fsp3) is 0. The molecule has 0 radical (unpaired) electrons.